The highest BCUT2D eigenvalue weighted by molar-refractivity contribution is 5.59. The van der Waals surface area contributed by atoms with Crippen molar-refractivity contribution in [1.82, 2.24) is 0 Å². The minimum Gasteiger partial charge on any atom is -0.303 e. The third-order valence-electron chi connectivity index (χ3n) is 2.15. The molecule has 14 heavy (non-hydrogen) atoms. The summed E-state index contributed by atoms with van der Waals surface area (Å²) in [7, 11) is 0. The summed E-state index contributed by atoms with van der Waals surface area (Å²) in [5.41, 5.74) is -0.0691. The zero-order valence-corrected chi connectivity index (χ0v) is 7.73. The first kappa shape index (κ1) is 10.1. The maximum atomic E-state index is 10.5. The summed E-state index contributed by atoms with van der Waals surface area (Å²) >= 11 is 0. The van der Waals surface area contributed by atoms with E-state index in [0.717, 1.165) is 11.8 Å². The molecule has 1 rings (SSSR count). The molecule has 0 unspecified atom stereocenters. The molecule has 0 aliphatic carbocycles. The predicted molar refractivity (Wildman–Crippen MR) is 56.5 cm³/mol. The van der Waals surface area contributed by atoms with Crippen LogP contribution in [0, 0.1) is 24.7 Å². The normalized spacial score (nSPS) is 9.86. The smallest absolute Gasteiger partial charge is 0.123 e. The molecule has 0 aromatic heterocycles. The monoisotopic (exact) mass is 182 g/mol. The fourth-order valence-electron chi connectivity index (χ4n) is 1.29. The van der Waals surface area contributed by atoms with Gasteiger partial charge >= 0.3 is 0 Å². The lowest BCUT2D eigenvalue weighted by Gasteiger charge is -2.19. The highest BCUT2D eigenvalue weighted by Crippen LogP contribution is 2.25. The van der Waals surface area contributed by atoms with E-state index in [0.29, 0.717) is 0 Å². The standard InChI is InChI=1S/C13H10O/c1-3-13(4-2,10-11-14)12-8-6-5-7-9-12/h1-2,5-9,11H,10H2. The Morgan fingerprint density at radius 2 is 1.79 bits per heavy atom. The van der Waals surface area contributed by atoms with Gasteiger partial charge in [-0.3, -0.25) is 0 Å². The fraction of sp³-hybridized carbons (Fsp3) is 0.154. The van der Waals surface area contributed by atoms with E-state index in [4.69, 9.17) is 12.8 Å². The molecule has 0 heterocycles. The summed E-state index contributed by atoms with van der Waals surface area (Å²) in [4.78, 5) is 10.5. The van der Waals surface area contributed by atoms with Crippen molar-refractivity contribution in [3.05, 3.63) is 35.9 Å². The molecule has 0 saturated heterocycles. The van der Waals surface area contributed by atoms with Crippen LogP contribution < -0.4 is 0 Å². The lowest BCUT2D eigenvalue weighted by molar-refractivity contribution is -0.108. The van der Waals surface area contributed by atoms with E-state index in [-0.39, 0.29) is 6.42 Å². The van der Waals surface area contributed by atoms with Crippen molar-refractivity contribution < 1.29 is 4.79 Å². The molecular formula is C13H10O. The molecule has 0 aliphatic rings. The Bertz CT molecular complexity index is 375. The van der Waals surface area contributed by atoms with Crippen molar-refractivity contribution in [1.29, 1.82) is 0 Å². The van der Waals surface area contributed by atoms with E-state index in [2.05, 4.69) is 11.8 Å². The van der Waals surface area contributed by atoms with Crippen LogP contribution in [-0.2, 0) is 10.2 Å². The van der Waals surface area contributed by atoms with Crippen LogP contribution in [0.25, 0.3) is 0 Å². The average Bonchev–Trinajstić information content (AvgIpc) is 2.27. The Morgan fingerprint density at radius 3 is 2.21 bits per heavy atom. The molecule has 1 heteroatoms. The van der Waals surface area contributed by atoms with E-state index < -0.39 is 5.41 Å². The van der Waals surface area contributed by atoms with Crippen LogP contribution in [0.4, 0.5) is 0 Å². The lowest BCUT2D eigenvalue weighted by Crippen LogP contribution is -2.22. The first-order valence-corrected chi connectivity index (χ1v) is 4.24. The van der Waals surface area contributed by atoms with Gasteiger partial charge in [-0.25, -0.2) is 0 Å². The number of carbonyl (C=O) groups is 1. The van der Waals surface area contributed by atoms with Gasteiger partial charge in [0.1, 0.15) is 11.7 Å². The second-order valence-corrected chi connectivity index (χ2v) is 2.93. The van der Waals surface area contributed by atoms with Crippen molar-refractivity contribution >= 4 is 6.29 Å². The third kappa shape index (κ3) is 1.68. The highest BCUT2D eigenvalue weighted by atomic mass is 16.1. The zero-order chi connectivity index (χ0) is 10.4. The third-order valence-corrected chi connectivity index (χ3v) is 2.15. The molecule has 0 amide bonds. The molecule has 0 atom stereocenters. The molecule has 0 spiro atoms. The number of benzene rings is 1. The number of terminal acetylenes is 2. The molecule has 0 saturated carbocycles. The molecule has 0 bridgehead atoms. The van der Waals surface area contributed by atoms with Crippen LogP contribution in [-0.4, -0.2) is 6.29 Å². The van der Waals surface area contributed by atoms with Crippen LogP contribution in [0.15, 0.2) is 30.3 Å². The van der Waals surface area contributed by atoms with E-state index >= 15 is 0 Å². The molecule has 68 valence electrons. The van der Waals surface area contributed by atoms with Gasteiger partial charge in [0.15, 0.2) is 0 Å². The first-order valence-electron chi connectivity index (χ1n) is 4.24. The zero-order valence-electron chi connectivity index (χ0n) is 7.73. The molecule has 1 aromatic carbocycles. The Labute approximate surface area is 84.1 Å². The number of hydrogen-bond acceptors (Lipinski definition) is 1. The second-order valence-electron chi connectivity index (χ2n) is 2.93. The first-order chi connectivity index (χ1) is 6.79. The van der Waals surface area contributed by atoms with Crippen LogP contribution >= 0.6 is 0 Å². The Hall–Kier alpha value is -1.99. The maximum absolute atomic E-state index is 10.5. The van der Waals surface area contributed by atoms with Crippen LogP contribution in [0.3, 0.4) is 0 Å². The molecule has 1 nitrogen and oxygen atoms in total. The van der Waals surface area contributed by atoms with Gasteiger partial charge in [0.05, 0.1) is 0 Å². The molecule has 1 aromatic rings. The van der Waals surface area contributed by atoms with E-state index in [1.54, 1.807) is 0 Å². The minimum atomic E-state index is -0.886. The Kier molecular flexibility index (Phi) is 3.10. The maximum Gasteiger partial charge on any atom is 0.123 e. The van der Waals surface area contributed by atoms with Gasteiger partial charge in [-0.15, -0.1) is 12.8 Å². The molecule has 0 fully saturated rings. The van der Waals surface area contributed by atoms with E-state index in [1.807, 2.05) is 30.3 Å². The van der Waals surface area contributed by atoms with E-state index in [1.165, 1.54) is 0 Å². The minimum absolute atomic E-state index is 0.157. The number of carbonyl (C=O) groups excluding carboxylic acids is 1. The summed E-state index contributed by atoms with van der Waals surface area (Å²) in [6.07, 6.45) is 11.7. The van der Waals surface area contributed by atoms with Crippen LogP contribution in [0.5, 0.6) is 0 Å². The molecule has 0 aliphatic heterocycles. The Balaban J connectivity index is 3.21. The number of aldehydes is 1. The summed E-state index contributed by atoms with van der Waals surface area (Å²) in [6, 6.07) is 9.25. The van der Waals surface area contributed by atoms with E-state index in [9.17, 15) is 4.79 Å². The Morgan fingerprint density at radius 1 is 1.21 bits per heavy atom. The van der Waals surface area contributed by atoms with Gasteiger partial charge in [-0.05, 0) is 5.56 Å². The quantitative estimate of drug-likeness (QED) is 0.514. The van der Waals surface area contributed by atoms with Gasteiger partial charge in [0, 0.05) is 6.42 Å². The van der Waals surface area contributed by atoms with Crippen molar-refractivity contribution in [3.63, 3.8) is 0 Å². The fourth-order valence-corrected chi connectivity index (χ4v) is 1.29. The van der Waals surface area contributed by atoms with Crippen molar-refractivity contribution in [3.8, 4) is 24.7 Å². The topological polar surface area (TPSA) is 17.1 Å². The summed E-state index contributed by atoms with van der Waals surface area (Å²) in [5.74, 6) is 5.03. The number of rotatable bonds is 3. The number of hydrogen-bond donors (Lipinski definition) is 0. The van der Waals surface area contributed by atoms with Gasteiger partial charge in [-0.1, -0.05) is 42.2 Å². The summed E-state index contributed by atoms with van der Waals surface area (Å²) < 4.78 is 0. The van der Waals surface area contributed by atoms with Crippen LogP contribution in [0.1, 0.15) is 12.0 Å². The summed E-state index contributed by atoms with van der Waals surface area (Å²) in [5, 5.41) is 0. The second kappa shape index (κ2) is 4.30. The summed E-state index contributed by atoms with van der Waals surface area (Å²) in [6.45, 7) is 0. The van der Waals surface area contributed by atoms with Crippen molar-refractivity contribution in [2.75, 3.05) is 0 Å². The SMILES string of the molecule is C#CC(C#C)(CC=O)c1ccccc1. The average molecular weight is 182 g/mol. The largest absolute Gasteiger partial charge is 0.303 e. The predicted octanol–water partition coefficient (Wildman–Crippen LogP) is 1.78. The molecular weight excluding hydrogens is 172 g/mol. The van der Waals surface area contributed by atoms with Gasteiger partial charge in [0.25, 0.3) is 0 Å². The van der Waals surface area contributed by atoms with Gasteiger partial charge < -0.3 is 4.79 Å². The molecule has 0 N–H and O–H groups in total. The van der Waals surface area contributed by atoms with Crippen LogP contribution in [0.2, 0.25) is 0 Å². The van der Waals surface area contributed by atoms with Gasteiger partial charge in [0.2, 0.25) is 0 Å². The molecule has 0 radical (unpaired) electrons. The highest BCUT2D eigenvalue weighted by Gasteiger charge is 2.26. The van der Waals surface area contributed by atoms with Crippen molar-refractivity contribution in [2.24, 2.45) is 0 Å². The lowest BCUT2D eigenvalue weighted by atomic mass is 9.80. The van der Waals surface area contributed by atoms with Crippen molar-refractivity contribution in [2.45, 2.75) is 11.8 Å². The van der Waals surface area contributed by atoms with Gasteiger partial charge in [-0.2, -0.15) is 0 Å².